The van der Waals surface area contributed by atoms with E-state index in [1.807, 2.05) is 54.3 Å². The van der Waals surface area contributed by atoms with E-state index in [9.17, 15) is 4.79 Å². The number of ether oxygens (including phenoxy) is 3. The molecule has 1 aliphatic rings. The van der Waals surface area contributed by atoms with Gasteiger partial charge in [-0.15, -0.1) is 0 Å². The Hall–Kier alpha value is -3.67. The number of carbonyl (C=O) groups is 1. The van der Waals surface area contributed by atoms with Gasteiger partial charge in [-0.1, -0.05) is 6.07 Å². The van der Waals surface area contributed by atoms with Gasteiger partial charge >= 0.3 is 0 Å². The van der Waals surface area contributed by atoms with Crippen molar-refractivity contribution < 1.29 is 19.0 Å². The fourth-order valence-electron chi connectivity index (χ4n) is 4.44. The number of rotatable bonds is 8. The Morgan fingerprint density at radius 1 is 0.829 bits per heavy atom. The van der Waals surface area contributed by atoms with Crippen molar-refractivity contribution in [3.05, 3.63) is 82.9 Å². The van der Waals surface area contributed by atoms with Crippen LogP contribution in [0.25, 0.3) is 0 Å². The molecule has 3 aromatic rings. The monoisotopic (exact) mass is 474 g/mol. The van der Waals surface area contributed by atoms with Gasteiger partial charge in [0.2, 0.25) is 0 Å². The highest BCUT2D eigenvalue weighted by Crippen LogP contribution is 2.26. The Kier molecular flexibility index (Phi) is 7.80. The van der Waals surface area contributed by atoms with Crippen molar-refractivity contribution in [2.45, 2.75) is 27.4 Å². The van der Waals surface area contributed by atoms with Crippen LogP contribution in [-0.2, 0) is 6.61 Å². The summed E-state index contributed by atoms with van der Waals surface area (Å²) in [5.41, 5.74) is 4.98. The van der Waals surface area contributed by atoms with Gasteiger partial charge in [-0.3, -0.25) is 4.79 Å². The van der Waals surface area contributed by atoms with Gasteiger partial charge in [0.25, 0.3) is 5.91 Å². The highest BCUT2D eigenvalue weighted by atomic mass is 16.5. The molecule has 0 radical (unpaired) electrons. The second kappa shape index (κ2) is 11.2. The first-order valence-corrected chi connectivity index (χ1v) is 12.1. The Morgan fingerprint density at radius 2 is 1.51 bits per heavy atom. The molecule has 0 aliphatic carbocycles. The number of piperazine rings is 1. The molecule has 0 bridgehead atoms. The van der Waals surface area contributed by atoms with E-state index in [2.05, 4.69) is 36.9 Å². The topological polar surface area (TPSA) is 51.2 Å². The van der Waals surface area contributed by atoms with Gasteiger partial charge in [0.05, 0.1) is 13.7 Å². The van der Waals surface area contributed by atoms with Crippen LogP contribution in [0, 0.1) is 13.8 Å². The molecule has 0 spiro atoms. The van der Waals surface area contributed by atoms with E-state index >= 15 is 0 Å². The minimum absolute atomic E-state index is 0.0371. The molecule has 1 saturated heterocycles. The predicted molar refractivity (Wildman–Crippen MR) is 139 cm³/mol. The Balaban J connectivity index is 1.43. The quantitative estimate of drug-likeness (QED) is 0.446. The van der Waals surface area contributed by atoms with Gasteiger partial charge in [0.1, 0.15) is 23.9 Å². The van der Waals surface area contributed by atoms with Gasteiger partial charge in [-0.05, 0) is 86.5 Å². The molecule has 0 unspecified atom stereocenters. The molecule has 0 N–H and O–H groups in total. The molecule has 0 aromatic heterocycles. The van der Waals surface area contributed by atoms with Crippen molar-refractivity contribution in [3.8, 4) is 17.2 Å². The van der Waals surface area contributed by atoms with Crippen LogP contribution in [0.3, 0.4) is 0 Å². The van der Waals surface area contributed by atoms with E-state index in [1.165, 1.54) is 0 Å². The van der Waals surface area contributed by atoms with Crippen LogP contribution >= 0.6 is 0 Å². The minimum atomic E-state index is 0.0371. The van der Waals surface area contributed by atoms with E-state index in [1.54, 1.807) is 7.11 Å². The normalized spacial score (nSPS) is 13.5. The van der Waals surface area contributed by atoms with Crippen LogP contribution in [0.1, 0.15) is 34.0 Å². The van der Waals surface area contributed by atoms with Crippen molar-refractivity contribution in [1.82, 2.24) is 4.90 Å². The Bertz CT molecular complexity index is 1130. The summed E-state index contributed by atoms with van der Waals surface area (Å²) in [6.45, 7) is 9.88. The molecule has 0 saturated carbocycles. The lowest BCUT2D eigenvalue weighted by molar-refractivity contribution is 0.0746. The van der Waals surface area contributed by atoms with Crippen molar-refractivity contribution in [3.63, 3.8) is 0 Å². The van der Waals surface area contributed by atoms with Crippen LogP contribution < -0.4 is 19.1 Å². The number of benzene rings is 3. The average Bonchev–Trinajstić information content (AvgIpc) is 2.87. The van der Waals surface area contributed by atoms with Crippen molar-refractivity contribution in [1.29, 1.82) is 0 Å². The lowest BCUT2D eigenvalue weighted by Crippen LogP contribution is -2.48. The van der Waals surface area contributed by atoms with Gasteiger partial charge in [0, 0.05) is 43.0 Å². The van der Waals surface area contributed by atoms with E-state index in [0.717, 1.165) is 52.7 Å². The van der Waals surface area contributed by atoms with Gasteiger partial charge in [-0.25, -0.2) is 0 Å². The van der Waals surface area contributed by atoms with E-state index in [4.69, 9.17) is 14.2 Å². The minimum Gasteiger partial charge on any atom is -0.497 e. The van der Waals surface area contributed by atoms with Crippen molar-refractivity contribution >= 4 is 11.6 Å². The van der Waals surface area contributed by atoms with Crippen LogP contribution in [-0.4, -0.2) is 50.7 Å². The molecular weight excluding hydrogens is 440 g/mol. The molecule has 1 heterocycles. The molecular formula is C29H34N2O4. The van der Waals surface area contributed by atoms with Gasteiger partial charge in [-0.2, -0.15) is 0 Å². The first-order valence-electron chi connectivity index (χ1n) is 12.1. The van der Waals surface area contributed by atoms with Crippen molar-refractivity contribution in [2.24, 2.45) is 0 Å². The lowest BCUT2D eigenvalue weighted by atomic mass is 10.1. The largest absolute Gasteiger partial charge is 0.497 e. The maximum absolute atomic E-state index is 13.3. The molecule has 1 fully saturated rings. The lowest BCUT2D eigenvalue weighted by Gasteiger charge is -2.36. The number of hydrogen-bond donors (Lipinski definition) is 0. The molecule has 4 rings (SSSR count). The molecule has 184 valence electrons. The summed E-state index contributed by atoms with van der Waals surface area (Å²) < 4.78 is 17.1. The van der Waals surface area contributed by atoms with E-state index < -0.39 is 0 Å². The predicted octanol–water partition coefficient (Wildman–Crippen LogP) is 5.25. The van der Waals surface area contributed by atoms with Crippen molar-refractivity contribution in [2.75, 3.05) is 44.8 Å². The summed E-state index contributed by atoms with van der Waals surface area (Å²) in [4.78, 5) is 17.5. The zero-order valence-corrected chi connectivity index (χ0v) is 21.0. The number of nitrogens with zero attached hydrogens (tertiary/aromatic N) is 2. The summed E-state index contributed by atoms with van der Waals surface area (Å²) in [5.74, 6) is 2.44. The van der Waals surface area contributed by atoms with Crippen LogP contribution in [0.2, 0.25) is 0 Å². The maximum Gasteiger partial charge on any atom is 0.253 e. The number of hydrogen-bond acceptors (Lipinski definition) is 5. The fraction of sp³-hybridized carbons (Fsp3) is 0.345. The summed E-state index contributed by atoms with van der Waals surface area (Å²) in [6.07, 6.45) is 0. The van der Waals surface area contributed by atoms with E-state index in [0.29, 0.717) is 31.9 Å². The second-order valence-corrected chi connectivity index (χ2v) is 8.84. The zero-order valence-electron chi connectivity index (χ0n) is 21.0. The maximum atomic E-state index is 13.3. The van der Waals surface area contributed by atoms with Gasteiger partial charge < -0.3 is 24.0 Å². The molecule has 0 atom stereocenters. The van der Waals surface area contributed by atoms with E-state index in [-0.39, 0.29) is 5.91 Å². The summed E-state index contributed by atoms with van der Waals surface area (Å²) >= 11 is 0. The molecule has 3 aromatic carbocycles. The third-order valence-electron chi connectivity index (χ3n) is 6.20. The number of aryl methyl sites for hydroxylation is 2. The van der Waals surface area contributed by atoms with Crippen LogP contribution in [0.5, 0.6) is 17.2 Å². The third kappa shape index (κ3) is 6.07. The number of carbonyl (C=O) groups excluding carboxylic acids is 1. The smallest absolute Gasteiger partial charge is 0.253 e. The molecule has 35 heavy (non-hydrogen) atoms. The Morgan fingerprint density at radius 3 is 2.14 bits per heavy atom. The number of anilines is 1. The number of methoxy groups -OCH3 is 1. The standard InChI is InChI=1S/C29H34N2O4/c1-5-34-28-11-6-23(19-24(28)20-35-27-17-21(2)16-22(3)18-27)29(32)31-14-12-30(13-15-31)25-7-9-26(33-4)10-8-25/h6-11,16-19H,5,12-15,20H2,1-4H3. The van der Waals surface area contributed by atoms with Crippen LogP contribution in [0.15, 0.2) is 60.7 Å². The Labute approximate surface area is 208 Å². The zero-order chi connectivity index (χ0) is 24.8. The molecule has 1 amide bonds. The molecule has 6 heteroatoms. The summed E-state index contributed by atoms with van der Waals surface area (Å²) in [7, 11) is 1.67. The highest BCUT2D eigenvalue weighted by Gasteiger charge is 2.23. The fourth-order valence-corrected chi connectivity index (χ4v) is 4.44. The third-order valence-corrected chi connectivity index (χ3v) is 6.20. The first kappa shape index (κ1) is 24.5. The molecule has 1 aliphatic heterocycles. The summed E-state index contributed by atoms with van der Waals surface area (Å²) in [6, 6.07) is 19.8. The molecule has 6 nitrogen and oxygen atoms in total. The average molecular weight is 475 g/mol. The second-order valence-electron chi connectivity index (χ2n) is 8.84. The first-order chi connectivity index (χ1) is 17.0. The summed E-state index contributed by atoms with van der Waals surface area (Å²) in [5, 5.41) is 0. The SMILES string of the molecule is CCOc1ccc(C(=O)N2CCN(c3ccc(OC)cc3)CC2)cc1COc1cc(C)cc(C)c1. The van der Waals surface area contributed by atoms with Gasteiger partial charge in [0.15, 0.2) is 0 Å². The number of amides is 1. The van der Waals surface area contributed by atoms with Crippen LogP contribution in [0.4, 0.5) is 5.69 Å². The highest BCUT2D eigenvalue weighted by molar-refractivity contribution is 5.94.